The highest BCUT2D eigenvalue weighted by Crippen LogP contribution is 2.72. The van der Waals surface area contributed by atoms with Crippen LogP contribution in [0.3, 0.4) is 0 Å². The molecule has 3 nitrogen and oxygen atoms in total. The van der Waals surface area contributed by atoms with E-state index in [1.807, 2.05) is 0 Å². The van der Waals surface area contributed by atoms with Crippen LogP contribution in [0.1, 0.15) is 72.6 Å². The maximum absolute atomic E-state index is 11.9. The van der Waals surface area contributed by atoms with Gasteiger partial charge in [0.15, 0.2) is 0 Å². The van der Waals surface area contributed by atoms with Crippen molar-refractivity contribution in [2.75, 3.05) is 6.61 Å². The molecule has 0 heterocycles. The van der Waals surface area contributed by atoms with Crippen molar-refractivity contribution in [3.05, 3.63) is 12.2 Å². The zero-order valence-electron chi connectivity index (χ0n) is 16.3. The van der Waals surface area contributed by atoms with Gasteiger partial charge in [0.1, 0.15) is 6.10 Å². The molecule has 1 spiro atoms. The fourth-order valence-corrected chi connectivity index (χ4v) is 7.81. The minimum absolute atomic E-state index is 0.000313. The third-order valence-electron chi connectivity index (χ3n) is 8.89. The summed E-state index contributed by atoms with van der Waals surface area (Å²) in [5, 5.41) is 10.2. The second-order valence-corrected chi connectivity index (χ2v) is 10.3. The molecule has 0 saturated heterocycles. The Balaban J connectivity index is 1.76. The van der Waals surface area contributed by atoms with E-state index in [0.29, 0.717) is 18.4 Å². The average molecular weight is 347 g/mol. The molecule has 0 aliphatic heterocycles. The van der Waals surface area contributed by atoms with Crippen molar-refractivity contribution in [2.24, 2.45) is 33.5 Å². The normalized spacial score (nSPS) is 53.9. The third-order valence-corrected chi connectivity index (χ3v) is 8.89. The van der Waals surface area contributed by atoms with Crippen molar-refractivity contribution in [2.45, 2.75) is 78.7 Å². The molecule has 0 radical (unpaired) electrons. The maximum atomic E-state index is 11.9. The molecule has 4 rings (SSSR count). The van der Waals surface area contributed by atoms with Gasteiger partial charge in [0, 0.05) is 24.4 Å². The van der Waals surface area contributed by atoms with Gasteiger partial charge in [-0.1, -0.05) is 39.3 Å². The summed E-state index contributed by atoms with van der Waals surface area (Å²) in [6.45, 7) is 8.91. The summed E-state index contributed by atoms with van der Waals surface area (Å²) in [5.74, 6) is 0.989. The van der Waals surface area contributed by atoms with Crippen LogP contribution >= 0.6 is 0 Å². The molecule has 4 aliphatic rings. The molecule has 3 saturated carbocycles. The highest BCUT2D eigenvalue weighted by Gasteiger charge is 2.68. The van der Waals surface area contributed by atoms with Crippen LogP contribution < -0.4 is 0 Å². The monoisotopic (exact) mass is 346 g/mol. The van der Waals surface area contributed by atoms with Crippen LogP contribution in [0.2, 0.25) is 0 Å². The molecule has 140 valence electrons. The van der Waals surface area contributed by atoms with Crippen LogP contribution in [0.15, 0.2) is 12.2 Å². The summed E-state index contributed by atoms with van der Waals surface area (Å²) in [7, 11) is 0. The number of aliphatic hydroxyl groups excluding tert-OH is 1. The Morgan fingerprint density at radius 1 is 1.08 bits per heavy atom. The molecule has 3 heteroatoms. The minimum Gasteiger partial charge on any atom is -0.461 e. The van der Waals surface area contributed by atoms with Crippen LogP contribution in [0, 0.1) is 33.5 Å². The number of rotatable bonds is 2. The molecule has 3 fully saturated rings. The molecule has 25 heavy (non-hydrogen) atoms. The van der Waals surface area contributed by atoms with Crippen LogP contribution in [-0.4, -0.2) is 23.8 Å². The van der Waals surface area contributed by atoms with Gasteiger partial charge in [0.05, 0.1) is 0 Å². The van der Waals surface area contributed by atoms with Crippen LogP contribution in [0.4, 0.5) is 0 Å². The standard InChI is InChI=1S/C22H34O3/c1-15(24)25-18-19(2)10-6-17-21(4)9-5-8-20(3,14-23)16(21)7-11-22(17,18)13-12-19/h12-13,16-18,23H,5-11,14H2,1-4H3/t16-,17+,18?,19-,20-,21-,22-/m1/s1. The van der Waals surface area contributed by atoms with Crippen molar-refractivity contribution in [3.8, 4) is 0 Å². The Hall–Kier alpha value is -0.830. The lowest BCUT2D eigenvalue weighted by molar-refractivity contribution is -0.207. The van der Waals surface area contributed by atoms with Gasteiger partial charge >= 0.3 is 5.97 Å². The number of fused-ring (bicyclic) bond motifs is 3. The lowest BCUT2D eigenvalue weighted by Gasteiger charge is -2.65. The van der Waals surface area contributed by atoms with Gasteiger partial charge in [-0.2, -0.15) is 0 Å². The first-order valence-corrected chi connectivity index (χ1v) is 10.2. The molecule has 0 aromatic rings. The van der Waals surface area contributed by atoms with Crippen molar-refractivity contribution >= 4 is 5.97 Å². The molecule has 0 aromatic heterocycles. The maximum Gasteiger partial charge on any atom is 0.302 e. The number of carbonyl (C=O) groups excluding carboxylic acids is 1. The summed E-state index contributed by atoms with van der Waals surface area (Å²) in [6.07, 6.45) is 12.9. The lowest BCUT2D eigenvalue weighted by Crippen LogP contribution is -2.62. The van der Waals surface area contributed by atoms with Gasteiger partial charge in [0.25, 0.3) is 0 Å². The quantitative estimate of drug-likeness (QED) is 0.592. The first-order chi connectivity index (χ1) is 11.7. The molecule has 1 unspecified atom stereocenters. The molecule has 7 atom stereocenters. The van der Waals surface area contributed by atoms with Gasteiger partial charge in [0.2, 0.25) is 0 Å². The van der Waals surface area contributed by atoms with Crippen molar-refractivity contribution < 1.29 is 14.6 Å². The van der Waals surface area contributed by atoms with E-state index in [4.69, 9.17) is 4.74 Å². The zero-order valence-corrected chi connectivity index (χ0v) is 16.3. The fraction of sp³-hybridized carbons (Fsp3) is 0.864. The smallest absolute Gasteiger partial charge is 0.302 e. The summed E-state index contributed by atoms with van der Waals surface area (Å²) in [6, 6.07) is 0. The SMILES string of the molecule is CC(=O)OC1[C@@]2(C)C=C[C@@]13CC[C@@H]1[C@@](C)(CO)CCC[C@@]1(C)[C@@H]3CC2. The number of hydrogen-bond acceptors (Lipinski definition) is 3. The first-order valence-electron chi connectivity index (χ1n) is 10.2. The summed E-state index contributed by atoms with van der Waals surface area (Å²) >= 11 is 0. The van der Waals surface area contributed by atoms with Gasteiger partial charge in [-0.15, -0.1) is 0 Å². The third kappa shape index (κ3) is 2.17. The number of esters is 1. The van der Waals surface area contributed by atoms with E-state index < -0.39 is 0 Å². The summed E-state index contributed by atoms with van der Waals surface area (Å²) in [5.41, 5.74) is 0.301. The predicted octanol–water partition coefficient (Wildman–Crippen LogP) is 4.49. The topological polar surface area (TPSA) is 46.5 Å². The molecule has 1 N–H and O–H groups in total. The second kappa shape index (κ2) is 5.34. The van der Waals surface area contributed by atoms with Crippen LogP contribution in [0.25, 0.3) is 0 Å². The van der Waals surface area contributed by atoms with E-state index in [9.17, 15) is 9.90 Å². The molecular weight excluding hydrogens is 312 g/mol. The first kappa shape index (κ1) is 17.6. The Bertz CT molecular complexity index is 612. The Kier molecular flexibility index (Phi) is 3.76. The Labute approximate surface area is 152 Å². The van der Waals surface area contributed by atoms with E-state index in [-0.39, 0.29) is 33.7 Å². The Morgan fingerprint density at radius 3 is 2.48 bits per heavy atom. The van der Waals surface area contributed by atoms with E-state index in [1.165, 1.54) is 19.3 Å². The number of aliphatic hydroxyl groups is 1. The van der Waals surface area contributed by atoms with Crippen LogP contribution in [-0.2, 0) is 9.53 Å². The lowest BCUT2D eigenvalue weighted by atomic mass is 9.40. The predicted molar refractivity (Wildman–Crippen MR) is 97.8 cm³/mol. The van der Waals surface area contributed by atoms with Crippen molar-refractivity contribution in [1.29, 1.82) is 0 Å². The van der Waals surface area contributed by atoms with Gasteiger partial charge < -0.3 is 9.84 Å². The average Bonchev–Trinajstić information content (AvgIpc) is 2.71. The molecule has 4 aliphatic carbocycles. The Morgan fingerprint density at radius 2 is 1.80 bits per heavy atom. The highest BCUT2D eigenvalue weighted by molar-refractivity contribution is 5.66. The van der Waals surface area contributed by atoms with Crippen molar-refractivity contribution in [1.82, 2.24) is 0 Å². The van der Waals surface area contributed by atoms with E-state index in [2.05, 4.69) is 32.9 Å². The van der Waals surface area contributed by atoms with Gasteiger partial charge in [-0.05, 0) is 61.2 Å². The summed E-state index contributed by atoms with van der Waals surface area (Å²) < 4.78 is 5.99. The summed E-state index contributed by atoms with van der Waals surface area (Å²) in [4.78, 5) is 11.9. The molecule has 0 aromatic carbocycles. The number of hydrogen-bond donors (Lipinski definition) is 1. The zero-order chi connectivity index (χ0) is 18.1. The molecule has 0 amide bonds. The fourth-order valence-electron chi connectivity index (χ4n) is 7.81. The van der Waals surface area contributed by atoms with Gasteiger partial charge in [-0.3, -0.25) is 4.79 Å². The van der Waals surface area contributed by atoms with E-state index in [0.717, 1.165) is 25.7 Å². The minimum atomic E-state index is -0.143. The largest absolute Gasteiger partial charge is 0.461 e. The molecule has 2 bridgehead atoms. The van der Waals surface area contributed by atoms with Gasteiger partial charge in [-0.25, -0.2) is 0 Å². The van der Waals surface area contributed by atoms with E-state index >= 15 is 0 Å². The van der Waals surface area contributed by atoms with E-state index in [1.54, 1.807) is 6.92 Å². The highest BCUT2D eigenvalue weighted by atomic mass is 16.5. The second-order valence-electron chi connectivity index (χ2n) is 10.3. The number of carbonyl (C=O) groups is 1. The molecular formula is C22H34O3. The van der Waals surface area contributed by atoms with Crippen molar-refractivity contribution in [3.63, 3.8) is 0 Å². The number of ether oxygens (including phenoxy) is 1. The van der Waals surface area contributed by atoms with Crippen LogP contribution in [0.5, 0.6) is 0 Å².